The zero-order chi connectivity index (χ0) is 12.6. The highest BCUT2D eigenvalue weighted by molar-refractivity contribution is 4.85. The lowest BCUT2D eigenvalue weighted by Crippen LogP contribution is -2.22. The van der Waals surface area contributed by atoms with Crippen molar-refractivity contribution in [3.05, 3.63) is 12.2 Å². The van der Waals surface area contributed by atoms with Crippen molar-refractivity contribution in [3.63, 3.8) is 0 Å². The molecule has 17 heavy (non-hydrogen) atoms. The van der Waals surface area contributed by atoms with E-state index in [0.29, 0.717) is 0 Å². The zero-order valence-corrected chi connectivity index (χ0v) is 11.5. The third kappa shape index (κ3) is 15.6. The topological polar surface area (TPSA) is 48.1 Å². The second-order valence-electron chi connectivity index (χ2n) is 4.04. The summed E-state index contributed by atoms with van der Waals surface area (Å²) >= 11 is 0. The van der Waals surface area contributed by atoms with Crippen LogP contribution in [0, 0.1) is 0 Å². The van der Waals surface area contributed by atoms with Crippen molar-refractivity contribution in [2.75, 3.05) is 52.9 Å². The van der Waals surface area contributed by atoms with E-state index in [0.717, 1.165) is 45.8 Å². The van der Waals surface area contributed by atoms with Crippen LogP contribution in [-0.4, -0.2) is 52.9 Å². The van der Waals surface area contributed by atoms with Crippen LogP contribution < -0.4 is 21.3 Å². The van der Waals surface area contributed by atoms with Gasteiger partial charge in [-0.1, -0.05) is 19.1 Å². The molecule has 0 heterocycles. The summed E-state index contributed by atoms with van der Waals surface area (Å²) in [5.41, 5.74) is 0. The Hall–Kier alpha value is -0.420. The van der Waals surface area contributed by atoms with Crippen LogP contribution in [0.5, 0.6) is 0 Å². The molecule has 4 heteroatoms. The van der Waals surface area contributed by atoms with Crippen molar-refractivity contribution in [1.82, 2.24) is 21.3 Å². The van der Waals surface area contributed by atoms with Gasteiger partial charge in [0.2, 0.25) is 0 Å². The summed E-state index contributed by atoms with van der Waals surface area (Å²) < 4.78 is 0. The SMILES string of the molecule is CCNCCCNC/C=C\CNCCCNC. The molecule has 0 atom stereocenters. The van der Waals surface area contributed by atoms with Crippen molar-refractivity contribution in [2.24, 2.45) is 0 Å². The summed E-state index contributed by atoms with van der Waals surface area (Å²) in [6, 6.07) is 0. The van der Waals surface area contributed by atoms with Gasteiger partial charge < -0.3 is 21.3 Å². The Balaban J connectivity index is 2.99. The summed E-state index contributed by atoms with van der Waals surface area (Å²) in [6.45, 7) is 9.53. The predicted molar refractivity (Wildman–Crippen MR) is 76.6 cm³/mol. The number of rotatable bonds is 13. The Labute approximate surface area is 107 Å². The molecule has 0 unspecified atom stereocenters. The van der Waals surface area contributed by atoms with Gasteiger partial charge >= 0.3 is 0 Å². The number of nitrogens with one attached hydrogen (secondary N) is 4. The highest BCUT2D eigenvalue weighted by Crippen LogP contribution is 1.76. The molecular weight excluding hydrogens is 212 g/mol. The standard InChI is InChI=1S/C13H30N4/c1-3-15-11-7-13-17-10-5-4-9-16-12-6-8-14-2/h4-5,14-17H,3,6-13H2,1-2H3/b5-4-. The van der Waals surface area contributed by atoms with Gasteiger partial charge in [-0.15, -0.1) is 0 Å². The first-order valence-electron chi connectivity index (χ1n) is 6.83. The van der Waals surface area contributed by atoms with E-state index in [-0.39, 0.29) is 0 Å². The molecule has 0 aliphatic heterocycles. The Kier molecular flexibility index (Phi) is 15.2. The predicted octanol–water partition coefficient (Wildman–Crippen LogP) is 0.331. The fourth-order valence-corrected chi connectivity index (χ4v) is 1.44. The molecule has 102 valence electrons. The van der Waals surface area contributed by atoms with Gasteiger partial charge in [-0.3, -0.25) is 0 Å². The molecule has 4 nitrogen and oxygen atoms in total. The minimum Gasteiger partial charge on any atom is -0.320 e. The Bertz CT molecular complexity index is 159. The van der Waals surface area contributed by atoms with Gasteiger partial charge in [0, 0.05) is 13.1 Å². The lowest BCUT2D eigenvalue weighted by atomic mass is 10.4. The summed E-state index contributed by atoms with van der Waals surface area (Å²) in [7, 11) is 1.99. The van der Waals surface area contributed by atoms with Gasteiger partial charge in [0.05, 0.1) is 0 Å². The fraction of sp³-hybridized carbons (Fsp3) is 0.846. The van der Waals surface area contributed by atoms with Crippen LogP contribution in [0.2, 0.25) is 0 Å². The van der Waals surface area contributed by atoms with E-state index < -0.39 is 0 Å². The third-order valence-corrected chi connectivity index (χ3v) is 2.43. The van der Waals surface area contributed by atoms with E-state index in [4.69, 9.17) is 0 Å². The van der Waals surface area contributed by atoms with Crippen LogP contribution in [0.4, 0.5) is 0 Å². The van der Waals surface area contributed by atoms with E-state index >= 15 is 0 Å². The average molecular weight is 242 g/mol. The van der Waals surface area contributed by atoms with E-state index in [1.54, 1.807) is 0 Å². The monoisotopic (exact) mass is 242 g/mol. The quantitative estimate of drug-likeness (QED) is 0.278. The summed E-state index contributed by atoms with van der Waals surface area (Å²) in [5.74, 6) is 0. The molecule has 0 aliphatic rings. The van der Waals surface area contributed by atoms with E-state index in [1.807, 2.05) is 7.05 Å². The second kappa shape index (κ2) is 15.6. The van der Waals surface area contributed by atoms with Gasteiger partial charge in [-0.05, 0) is 52.6 Å². The first kappa shape index (κ1) is 16.6. The molecule has 0 saturated heterocycles. The molecule has 0 aromatic rings. The van der Waals surface area contributed by atoms with E-state index in [9.17, 15) is 0 Å². The highest BCUT2D eigenvalue weighted by atomic mass is 14.9. The van der Waals surface area contributed by atoms with Gasteiger partial charge in [0.15, 0.2) is 0 Å². The second-order valence-corrected chi connectivity index (χ2v) is 4.04. The van der Waals surface area contributed by atoms with E-state index in [2.05, 4.69) is 40.3 Å². The summed E-state index contributed by atoms with van der Waals surface area (Å²) in [5, 5.41) is 13.2. The van der Waals surface area contributed by atoms with Gasteiger partial charge in [-0.2, -0.15) is 0 Å². The Morgan fingerprint density at radius 3 is 1.82 bits per heavy atom. The third-order valence-electron chi connectivity index (χ3n) is 2.43. The minimum absolute atomic E-state index is 0.975. The molecule has 0 bridgehead atoms. The number of hydrogen-bond donors (Lipinski definition) is 4. The fourth-order valence-electron chi connectivity index (χ4n) is 1.44. The van der Waals surface area contributed by atoms with Crippen LogP contribution >= 0.6 is 0 Å². The molecule has 0 amide bonds. The molecule has 0 spiro atoms. The van der Waals surface area contributed by atoms with E-state index in [1.165, 1.54) is 12.8 Å². The molecule has 0 saturated carbocycles. The maximum Gasteiger partial charge on any atom is 0.0135 e. The molecular formula is C13H30N4. The molecule has 0 aromatic heterocycles. The lowest BCUT2D eigenvalue weighted by Gasteiger charge is -2.02. The summed E-state index contributed by atoms with van der Waals surface area (Å²) in [6.07, 6.45) is 6.77. The molecule has 0 aromatic carbocycles. The van der Waals surface area contributed by atoms with Gasteiger partial charge in [0.25, 0.3) is 0 Å². The first-order valence-corrected chi connectivity index (χ1v) is 6.83. The van der Waals surface area contributed by atoms with Crippen molar-refractivity contribution < 1.29 is 0 Å². The average Bonchev–Trinajstić information content (AvgIpc) is 2.35. The van der Waals surface area contributed by atoms with Crippen molar-refractivity contribution in [2.45, 2.75) is 19.8 Å². The molecule has 0 fully saturated rings. The van der Waals surface area contributed by atoms with Crippen LogP contribution in [0.1, 0.15) is 19.8 Å². The highest BCUT2D eigenvalue weighted by Gasteiger charge is 1.86. The molecule has 4 N–H and O–H groups in total. The van der Waals surface area contributed by atoms with Gasteiger partial charge in [0.1, 0.15) is 0 Å². The van der Waals surface area contributed by atoms with Crippen LogP contribution in [0.15, 0.2) is 12.2 Å². The lowest BCUT2D eigenvalue weighted by molar-refractivity contribution is 0.627. The first-order chi connectivity index (χ1) is 8.41. The van der Waals surface area contributed by atoms with Gasteiger partial charge in [-0.25, -0.2) is 0 Å². The largest absolute Gasteiger partial charge is 0.320 e. The Morgan fingerprint density at radius 2 is 1.29 bits per heavy atom. The minimum atomic E-state index is 0.975. The van der Waals surface area contributed by atoms with Crippen molar-refractivity contribution in [3.8, 4) is 0 Å². The van der Waals surface area contributed by atoms with Crippen molar-refractivity contribution >= 4 is 0 Å². The maximum atomic E-state index is 3.39. The molecule has 0 aliphatic carbocycles. The van der Waals surface area contributed by atoms with Crippen LogP contribution in [-0.2, 0) is 0 Å². The summed E-state index contributed by atoms with van der Waals surface area (Å²) in [4.78, 5) is 0. The smallest absolute Gasteiger partial charge is 0.0135 e. The normalized spacial score (nSPS) is 11.4. The number of hydrogen-bond acceptors (Lipinski definition) is 4. The van der Waals surface area contributed by atoms with Crippen LogP contribution in [0.25, 0.3) is 0 Å². The van der Waals surface area contributed by atoms with Crippen molar-refractivity contribution in [1.29, 1.82) is 0 Å². The molecule has 0 radical (unpaired) electrons. The molecule has 0 rings (SSSR count). The Morgan fingerprint density at radius 1 is 0.765 bits per heavy atom. The van der Waals surface area contributed by atoms with Crippen LogP contribution in [0.3, 0.4) is 0 Å². The zero-order valence-electron chi connectivity index (χ0n) is 11.5. The maximum absolute atomic E-state index is 3.39.